The summed E-state index contributed by atoms with van der Waals surface area (Å²) in [5.74, 6) is -0.531. The zero-order valence-corrected chi connectivity index (χ0v) is 17.4. The average Bonchev–Trinajstić information content (AvgIpc) is 2.76. The van der Waals surface area contributed by atoms with Crippen molar-refractivity contribution in [2.24, 2.45) is 5.10 Å². The highest BCUT2D eigenvalue weighted by molar-refractivity contribution is 6.01. The van der Waals surface area contributed by atoms with Crippen molar-refractivity contribution >= 4 is 22.9 Å². The molecule has 11 heteroatoms. The summed E-state index contributed by atoms with van der Waals surface area (Å²) in [5.41, 5.74) is 0.0753. The monoisotopic (exact) mass is 478 g/mol. The Hall–Kier alpha value is -3.89. The SMILES string of the molecule is CC1=N/N2C(=O)C=C(c3ccc(C(F)(F)F)nc3)NC2/C=C(c2ccc(C(F)(F)F)cc2)/C=C\1. The molecule has 1 N–H and O–H groups in total. The van der Waals surface area contributed by atoms with Crippen molar-refractivity contribution in [2.45, 2.75) is 25.4 Å². The Bertz CT molecular complexity index is 1220. The molecule has 0 spiro atoms. The summed E-state index contributed by atoms with van der Waals surface area (Å²) in [6.07, 6.45) is -2.87. The zero-order valence-electron chi connectivity index (χ0n) is 17.4. The minimum absolute atomic E-state index is 0.230. The van der Waals surface area contributed by atoms with Gasteiger partial charge in [-0.2, -0.15) is 31.4 Å². The number of nitrogens with zero attached hydrogens (tertiary/aromatic N) is 3. The van der Waals surface area contributed by atoms with Gasteiger partial charge in [0.25, 0.3) is 5.91 Å². The van der Waals surface area contributed by atoms with Crippen LogP contribution in [-0.4, -0.2) is 27.8 Å². The van der Waals surface area contributed by atoms with Gasteiger partial charge in [-0.15, -0.1) is 0 Å². The number of halogens is 6. The second-order valence-corrected chi connectivity index (χ2v) is 7.53. The van der Waals surface area contributed by atoms with Crippen LogP contribution in [0.25, 0.3) is 11.3 Å². The quantitative estimate of drug-likeness (QED) is 0.601. The fraction of sp³-hybridized carbons (Fsp3) is 0.174. The van der Waals surface area contributed by atoms with E-state index in [2.05, 4.69) is 15.4 Å². The molecule has 1 atom stereocenters. The van der Waals surface area contributed by atoms with Crippen LogP contribution in [0.2, 0.25) is 0 Å². The van der Waals surface area contributed by atoms with Gasteiger partial charge in [-0.25, -0.2) is 5.01 Å². The third-order valence-electron chi connectivity index (χ3n) is 5.08. The number of allylic oxidation sites excluding steroid dienone is 3. The predicted octanol–water partition coefficient (Wildman–Crippen LogP) is 5.25. The fourth-order valence-electron chi connectivity index (χ4n) is 3.38. The van der Waals surface area contributed by atoms with E-state index in [0.717, 1.165) is 29.4 Å². The van der Waals surface area contributed by atoms with Crippen molar-refractivity contribution in [1.82, 2.24) is 15.3 Å². The van der Waals surface area contributed by atoms with Gasteiger partial charge in [0.05, 0.1) is 17.0 Å². The molecule has 2 aliphatic heterocycles. The number of hydrogen-bond donors (Lipinski definition) is 1. The number of hydrogen-bond acceptors (Lipinski definition) is 4. The third-order valence-corrected chi connectivity index (χ3v) is 5.08. The molecular weight excluding hydrogens is 462 g/mol. The first-order chi connectivity index (χ1) is 15.9. The number of rotatable bonds is 2. The van der Waals surface area contributed by atoms with Crippen LogP contribution in [0.3, 0.4) is 0 Å². The molecule has 1 aromatic heterocycles. The lowest BCUT2D eigenvalue weighted by Crippen LogP contribution is -2.48. The van der Waals surface area contributed by atoms with E-state index < -0.39 is 35.7 Å². The maximum Gasteiger partial charge on any atom is 0.433 e. The molecule has 34 heavy (non-hydrogen) atoms. The lowest BCUT2D eigenvalue weighted by Gasteiger charge is -2.32. The number of pyridine rings is 1. The number of carbonyl (C=O) groups excluding carboxylic acids is 1. The van der Waals surface area contributed by atoms with E-state index >= 15 is 0 Å². The van der Waals surface area contributed by atoms with Crippen LogP contribution in [0.4, 0.5) is 26.3 Å². The summed E-state index contributed by atoms with van der Waals surface area (Å²) < 4.78 is 77.2. The number of nitrogens with one attached hydrogen (secondary N) is 1. The Balaban J connectivity index is 1.69. The van der Waals surface area contributed by atoms with Crippen molar-refractivity contribution in [3.8, 4) is 0 Å². The number of benzene rings is 1. The first-order valence-corrected chi connectivity index (χ1v) is 9.89. The number of carbonyl (C=O) groups is 1. The standard InChI is InChI=1S/C23H16F6N4O/c1-13-2-3-15(14-4-7-17(8-5-14)22(24,25)26)10-20-31-18(11-21(34)33(20)32-13)16-6-9-19(30-12-16)23(27,28)29/h2-12,20,31H,1H3/b3-2-,15-10-,32-13-. The van der Waals surface area contributed by atoms with Gasteiger partial charge in [0.1, 0.15) is 11.9 Å². The molecule has 0 fully saturated rings. The highest BCUT2D eigenvalue weighted by Crippen LogP contribution is 2.32. The van der Waals surface area contributed by atoms with Gasteiger partial charge in [-0.1, -0.05) is 18.2 Å². The molecule has 176 valence electrons. The molecule has 2 aliphatic rings. The van der Waals surface area contributed by atoms with Crippen LogP contribution in [0.15, 0.2) is 72.0 Å². The summed E-state index contributed by atoms with van der Waals surface area (Å²) in [4.78, 5) is 16.2. The molecule has 4 rings (SSSR count). The van der Waals surface area contributed by atoms with E-state index in [0.29, 0.717) is 16.8 Å². The van der Waals surface area contributed by atoms with E-state index in [4.69, 9.17) is 0 Å². The second-order valence-electron chi connectivity index (χ2n) is 7.53. The molecule has 0 aliphatic carbocycles. The van der Waals surface area contributed by atoms with E-state index in [1.165, 1.54) is 24.3 Å². The lowest BCUT2D eigenvalue weighted by atomic mass is 10.0. The van der Waals surface area contributed by atoms with Crippen LogP contribution in [0.5, 0.6) is 0 Å². The molecule has 1 unspecified atom stereocenters. The van der Waals surface area contributed by atoms with Crippen LogP contribution in [-0.2, 0) is 17.1 Å². The van der Waals surface area contributed by atoms with Crippen LogP contribution in [0, 0.1) is 0 Å². The third kappa shape index (κ3) is 4.87. The van der Waals surface area contributed by atoms with Gasteiger partial charge in [0.2, 0.25) is 0 Å². The van der Waals surface area contributed by atoms with Crippen LogP contribution in [0.1, 0.15) is 29.3 Å². The Morgan fingerprint density at radius 2 is 1.59 bits per heavy atom. The first kappa shape index (κ1) is 23.3. The zero-order chi connectivity index (χ0) is 24.7. The summed E-state index contributed by atoms with van der Waals surface area (Å²) in [6.45, 7) is 1.65. The minimum Gasteiger partial charge on any atom is -0.360 e. The van der Waals surface area contributed by atoms with Gasteiger partial charge in [-0.3, -0.25) is 9.78 Å². The van der Waals surface area contributed by atoms with Crippen molar-refractivity contribution in [3.05, 3.63) is 89.3 Å². The van der Waals surface area contributed by atoms with E-state index in [-0.39, 0.29) is 11.3 Å². The molecule has 1 aromatic carbocycles. The summed E-state index contributed by atoms with van der Waals surface area (Å²) >= 11 is 0. The molecule has 0 bridgehead atoms. The summed E-state index contributed by atoms with van der Waals surface area (Å²) in [7, 11) is 0. The number of aromatic nitrogens is 1. The molecule has 3 heterocycles. The highest BCUT2D eigenvalue weighted by atomic mass is 19.4. The lowest BCUT2D eigenvalue weighted by molar-refractivity contribution is -0.141. The molecule has 0 saturated carbocycles. The molecule has 1 amide bonds. The van der Waals surface area contributed by atoms with E-state index in [9.17, 15) is 31.1 Å². The molecular formula is C23H16F6N4O. The molecule has 0 saturated heterocycles. The van der Waals surface area contributed by atoms with Gasteiger partial charge >= 0.3 is 12.4 Å². The maximum absolute atomic E-state index is 12.9. The van der Waals surface area contributed by atoms with Crippen LogP contribution < -0.4 is 5.32 Å². The van der Waals surface area contributed by atoms with Crippen LogP contribution >= 0.6 is 0 Å². The van der Waals surface area contributed by atoms with Gasteiger partial charge in [-0.05, 0) is 54.5 Å². The molecule has 0 radical (unpaired) electrons. The summed E-state index contributed by atoms with van der Waals surface area (Å²) in [5, 5.41) is 8.41. The second kappa shape index (κ2) is 8.47. The molecule has 5 nitrogen and oxygen atoms in total. The number of hydrazone groups is 1. The van der Waals surface area contributed by atoms with Crippen molar-refractivity contribution in [2.75, 3.05) is 0 Å². The Labute approximate surface area is 189 Å². The van der Waals surface area contributed by atoms with Gasteiger partial charge in [0.15, 0.2) is 0 Å². The minimum atomic E-state index is -4.60. The number of amides is 1. The van der Waals surface area contributed by atoms with E-state index in [1.54, 1.807) is 25.2 Å². The maximum atomic E-state index is 12.9. The van der Waals surface area contributed by atoms with Gasteiger partial charge in [0, 0.05) is 17.8 Å². The summed E-state index contributed by atoms with van der Waals surface area (Å²) in [6, 6.07) is 6.55. The topological polar surface area (TPSA) is 57.6 Å². The number of alkyl halides is 6. The van der Waals surface area contributed by atoms with E-state index in [1.807, 2.05) is 0 Å². The van der Waals surface area contributed by atoms with Crippen molar-refractivity contribution in [3.63, 3.8) is 0 Å². The predicted molar refractivity (Wildman–Crippen MR) is 113 cm³/mol. The fourth-order valence-corrected chi connectivity index (χ4v) is 3.38. The Morgan fingerprint density at radius 1 is 0.912 bits per heavy atom. The van der Waals surface area contributed by atoms with Crippen molar-refractivity contribution in [1.29, 1.82) is 0 Å². The van der Waals surface area contributed by atoms with Gasteiger partial charge < -0.3 is 5.32 Å². The highest BCUT2D eigenvalue weighted by Gasteiger charge is 2.33. The Morgan fingerprint density at radius 3 is 2.18 bits per heavy atom. The first-order valence-electron chi connectivity index (χ1n) is 9.89. The smallest absolute Gasteiger partial charge is 0.360 e. The molecule has 2 aromatic rings. The number of fused-ring (bicyclic) bond motifs is 1. The Kier molecular flexibility index (Phi) is 5.80. The normalized spacial score (nSPS) is 22.8. The largest absolute Gasteiger partial charge is 0.433 e. The van der Waals surface area contributed by atoms with Crippen molar-refractivity contribution < 1.29 is 31.1 Å². The average molecular weight is 478 g/mol.